The molecule has 0 aliphatic rings. The first-order valence-corrected chi connectivity index (χ1v) is 8.02. The molecule has 0 unspecified atom stereocenters. The van der Waals surface area contributed by atoms with Gasteiger partial charge in [0.25, 0.3) is 0 Å². The number of halogens is 1. The summed E-state index contributed by atoms with van der Waals surface area (Å²) in [5, 5.41) is 7.05. The molecule has 0 saturated carbocycles. The van der Waals surface area contributed by atoms with Crippen molar-refractivity contribution in [2.45, 2.75) is 0 Å². The van der Waals surface area contributed by atoms with E-state index in [1.54, 1.807) is 58.8 Å². The number of ether oxygens (including phenoxy) is 4. The highest BCUT2D eigenvalue weighted by Gasteiger charge is 2.14. The molecule has 25 heavy (non-hydrogen) atoms. The lowest BCUT2D eigenvalue weighted by molar-refractivity contribution is 0.324. The molecular weight excluding hydrogens is 364 g/mol. The average Bonchev–Trinajstić information content (AvgIpc) is 2.60. The smallest absolute Gasteiger partial charge is 0.203 e. The molecule has 0 bridgehead atoms. The van der Waals surface area contributed by atoms with Crippen LogP contribution in [0, 0.1) is 0 Å². The second kappa shape index (κ2) is 8.64. The monoisotopic (exact) mass is 382 g/mol. The molecule has 0 amide bonds. The fourth-order valence-corrected chi connectivity index (χ4v) is 2.62. The SMILES string of the molecule is COc1ccc(Cl)cc1NC(=S)Nc1cc(OC)c(OC)c(OC)c1. The van der Waals surface area contributed by atoms with E-state index in [0.717, 1.165) is 0 Å². The van der Waals surface area contributed by atoms with E-state index in [0.29, 0.717) is 44.5 Å². The van der Waals surface area contributed by atoms with Gasteiger partial charge in [0.1, 0.15) is 5.75 Å². The number of methoxy groups -OCH3 is 4. The summed E-state index contributed by atoms with van der Waals surface area (Å²) >= 11 is 11.4. The van der Waals surface area contributed by atoms with E-state index < -0.39 is 0 Å². The molecule has 8 heteroatoms. The number of nitrogens with one attached hydrogen (secondary N) is 2. The van der Waals surface area contributed by atoms with Crippen LogP contribution in [-0.2, 0) is 0 Å². The van der Waals surface area contributed by atoms with E-state index in [9.17, 15) is 0 Å². The van der Waals surface area contributed by atoms with E-state index >= 15 is 0 Å². The number of rotatable bonds is 6. The summed E-state index contributed by atoms with van der Waals surface area (Å²) in [4.78, 5) is 0. The molecule has 2 N–H and O–H groups in total. The molecule has 0 atom stereocenters. The second-order valence-electron chi connectivity index (χ2n) is 4.84. The maximum absolute atomic E-state index is 6.02. The number of hydrogen-bond donors (Lipinski definition) is 2. The molecule has 2 aromatic rings. The first-order valence-electron chi connectivity index (χ1n) is 7.24. The summed E-state index contributed by atoms with van der Waals surface area (Å²) < 4.78 is 21.2. The predicted octanol–water partition coefficient (Wildman–Crippen LogP) is 4.18. The zero-order valence-corrected chi connectivity index (χ0v) is 15.9. The van der Waals surface area contributed by atoms with Gasteiger partial charge in [0.05, 0.1) is 34.1 Å². The van der Waals surface area contributed by atoms with Gasteiger partial charge in [0, 0.05) is 22.8 Å². The van der Waals surface area contributed by atoms with Crippen molar-refractivity contribution in [2.24, 2.45) is 0 Å². The Balaban J connectivity index is 2.22. The van der Waals surface area contributed by atoms with Gasteiger partial charge in [-0.05, 0) is 30.4 Å². The van der Waals surface area contributed by atoms with Crippen molar-refractivity contribution in [3.63, 3.8) is 0 Å². The van der Waals surface area contributed by atoms with Gasteiger partial charge in [0.15, 0.2) is 16.6 Å². The van der Waals surface area contributed by atoms with Gasteiger partial charge >= 0.3 is 0 Å². The van der Waals surface area contributed by atoms with E-state index in [1.165, 1.54) is 0 Å². The Bertz CT molecular complexity index is 745. The molecule has 0 heterocycles. The van der Waals surface area contributed by atoms with Gasteiger partial charge in [-0.2, -0.15) is 0 Å². The Morgan fingerprint density at radius 2 is 1.44 bits per heavy atom. The van der Waals surface area contributed by atoms with E-state index in [1.807, 2.05) is 0 Å². The lowest BCUT2D eigenvalue weighted by Crippen LogP contribution is -2.19. The molecule has 0 saturated heterocycles. The summed E-state index contributed by atoms with van der Waals surface area (Å²) in [7, 11) is 6.22. The zero-order chi connectivity index (χ0) is 18.4. The van der Waals surface area contributed by atoms with Crippen LogP contribution in [0.15, 0.2) is 30.3 Å². The van der Waals surface area contributed by atoms with Crippen molar-refractivity contribution in [2.75, 3.05) is 39.1 Å². The van der Waals surface area contributed by atoms with Crippen LogP contribution in [0.1, 0.15) is 0 Å². The Labute approximate surface area is 157 Å². The number of benzene rings is 2. The third kappa shape index (κ3) is 4.58. The number of anilines is 2. The van der Waals surface area contributed by atoms with E-state index in [4.69, 9.17) is 42.8 Å². The number of hydrogen-bond acceptors (Lipinski definition) is 5. The topological polar surface area (TPSA) is 61.0 Å². The Hall–Kier alpha value is -2.38. The Kier molecular flexibility index (Phi) is 6.55. The van der Waals surface area contributed by atoms with Crippen LogP contribution in [0.25, 0.3) is 0 Å². The molecule has 0 aromatic heterocycles. The highest BCUT2D eigenvalue weighted by atomic mass is 35.5. The summed E-state index contributed by atoms with van der Waals surface area (Å²) in [5.41, 5.74) is 1.33. The summed E-state index contributed by atoms with van der Waals surface area (Å²) in [6.45, 7) is 0. The summed E-state index contributed by atoms with van der Waals surface area (Å²) in [6.07, 6.45) is 0. The number of thiocarbonyl (C=S) groups is 1. The minimum absolute atomic E-state index is 0.356. The summed E-state index contributed by atoms with van der Waals surface area (Å²) in [6, 6.07) is 8.73. The highest BCUT2D eigenvalue weighted by Crippen LogP contribution is 2.40. The van der Waals surface area contributed by atoms with Crippen molar-refractivity contribution < 1.29 is 18.9 Å². The molecular formula is C17H19ClN2O4S. The Morgan fingerprint density at radius 1 is 0.840 bits per heavy atom. The maximum atomic E-state index is 6.02. The van der Waals surface area contributed by atoms with E-state index in [2.05, 4.69) is 10.6 Å². The van der Waals surface area contributed by atoms with Crippen molar-refractivity contribution in [3.8, 4) is 23.0 Å². The molecule has 6 nitrogen and oxygen atoms in total. The van der Waals surface area contributed by atoms with Crippen LogP contribution in [0.2, 0.25) is 5.02 Å². The van der Waals surface area contributed by atoms with E-state index in [-0.39, 0.29) is 0 Å². The fraction of sp³-hybridized carbons (Fsp3) is 0.235. The predicted molar refractivity (Wildman–Crippen MR) is 104 cm³/mol. The minimum atomic E-state index is 0.356. The molecule has 134 valence electrons. The fourth-order valence-electron chi connectivity index (χ4n) is 2.22. The quantitative estimate of drug-likeness (QED) is 0.726. The molecule has 2 rings (SSSR count). The van der Waals surface area contributed by atoms with Crippen LogP contribution in [0.3, 0.4) is 0 Å². The van der Waals surface area contributed by atoms with Crippen LogP contribution < -0.4 is 29.6 Å². The summed E-state index contributed by atoms with van der Waals surface area (Å²) in [5.74, 6) is 2.17. The third-order valence-corrected chi connectivity index (χ3v) is 3.77. The van der Waals surface area contributed by atoms with Gasteiger partial charge < -0.3 is 29.6 Å². The van der Waals surface area contributed by atoms with Crippen LogP contribution in [-0.4, -0.2) is 33.6 Å². The minimum Gasteiger partial charge on any atom is -0.495 e. The van der Waals surface area contributed by atoms with Crippen molar-refractivity contribution in [1.82, 2.24) is 0 Å². The first-order chi connectivity index (χ1) is 12.0. The maximum Gasteiger partial charge on any atom is 0.203 e. The first kappa shape index (κ1) is 19.0. The molecule has 0 spiro atoms. The van der Waals surface area contributed by atoms with Gasteiger partial charge in [0.2, 0.25) is 5.75 Å². The van der Waals surface area contributed by atoms with Crippen molar-refractivity contribution in [3.05, 3.63) is 35.4 Å². The van der Waals surface area contributed by atoms with Gasteiger partial charge in [-0.3, -0.25) is 0 Å². The molecule has 0 aliphatic heterocycles. The normalized spacial score (nSPS) is 9.96. The molecule has 2 aromatic carbocycles. The van der Waals surface area contributed by atoms with Gasteiger partial charge in [-0.25, -0.2) is 0 Å². The van der Waals surface area contributed by atoms with Crippen LogP contribution >= 0.6 is 23.8 Å². The van der Waals surface area contributed by atoms with Crippen molar-refractivity contribution in [1.29, 1.82) is 0 Å². The second-order valence-corrected chi connectivity index (χ2v) is 5.68. The Morgan fingerprint density at radius 3 is 1.96 bits per heavy atom. The largest absolute Gasteiger partial charge is 0.495 e. The standard InChI is InChI=1S/C17H19ClN2O4S/c1-21-13-6-5-10(18)7-12(13)20-17(25)19-11-8-14(22-2)16(24-4)15(9-11)23-3/h5-9H,1-4H3,(H2,19,20,25). The lowest BCUT2D eigenvalue weighted by atomic mass is 10.2. The average molecular weight is 383 g/mol. The van der Waals surface area contributed by atoms with Crippen molar-refractivity contribution >= 4 is 40.3 Å². The van der Waals surface area contributed by atoms with Gasteiger partial charge in [-0.1, -0.05) is 11.6 Å². The zero-order valence-electron chi connectivity index (χ0n) is 14.3. The van der Waals surface area contributed by atoms with Crippen LogP contribution in [0.4, 0.5) is 11.4 Å². The third-order valence-electron chi connectivity index (χ3n) is 3.33. The molecule has 0 fully saturated rings. The molecule has 0 radical (unpaired) electrons. The van der Waals surface area contributed by atoms with Crippen LogP contribution in [0.5, 0.6) is 23.0 Å². The molecule has 0 aliphatic carbocycles. The highest BCUT2D eigenvalue weighted by molar-refractivity contribution is 7.80. The lowest BCUT2D eigenvalue weighted by Gasteiger charge is -2.17. The van der Waals surface area contributed by atoms with Gasteiger partial charge in [-0.15, -0.1) is 0 Å².